The molecule has 33 heavy (non-hydrogen) atoms. The quantitative estimate of drug-likeness (QED) is 0.623. The zero-order valence-electron chi connectivity index (χ0n) is 18.0. The van der Waals surface area contributed by atoms with E-state index in [0.29, 0.717) is 36.2 Å². The number of hydrogen-bond acceptors (Lipinski definition) is 7. The summed E-state index contributed by atoms with van der Waals surface area (Å²) in [5.41, 5.74) is -0.159. The molecule has 2 aromatic heterocycles. The summed E-state index contributed by atoms with van der Waals surface area (Å²) in [5, 5.41) is 11.4. The first-order valence-corrected chi connectivity index (χ1v) is 10.3. The SMILES string of the molecule is COc1ccc(-n2nccn2)c(C(=O)N2CCC[C@@H](Nc3cnc(C(F)(F)F)cn3)[C@@H]2C)c1. The van der Waals surface area contributed by atoms with Crippen LogP contribution in [-0.4, -0.2) is 61.5 Å². The number of carbonyl (C=O) groups excluding carboxylic acids is 1. The van der Waals surface area contributed by atoms with Gasteiger partial charge in [0.15, 0.2) is 5.69 Å². The van der Waals surface area contributed by atoms with Gasteiger partial charge in [0, 0.05) is 18.6 Å². The van der Waals surface area contributed by atoms with Gasteiger partial charge < -0.3 is 15.0 Å². The summed E-state index contributed by atoms with van der Waals surface area (Å²) in [6, 6.07) is 4.61. The van der Waals surface area contributed by atoms with Crippen molar-refractivity contribution in [2.24, 2.45) is 0 Å². The number of nitrogens with zero attached hydrogens (tertiary/aromatic N) is 6. The Labute approximate surface area is 187 Å². The van der Waals surface area contributed by atoms with E-state index in [0.717, 1.165) is 12.6 Å². The lowest BCUT2D eigenvalue weighted by Crippen LogP contribution is -2.52. The molecule has 1 aromatic carbocycles. The van der Waals surface area contributed by atoms with Crippen LogP contribution in [0, 0.1) is 0 Å². The second-order valence-electron chi connectivity index (χ2n) is 7.62. The predicted octanol–water partition coefficient (Wildman–Crippen LogP) is 3.19. The van der Waals surface area contributed by atoms with Crippen LogP contribution >= 0.6 is 0 Å². The lowest BCUT2D eigenvalue weighted by molar-refractivity contribution is -0.141. The van der Waals surface area contributed by atoms with E-state index in [1.165, 1.54) is 24.3 Å². The molecule has 0 saturated carbocycles. The fraction of sp³-hybridized carbons (Fsp3) is 0.381. The number of hydrogen-bond donors (Lipinski definition) is 1. The highest BCUT2D eigenvalue weighted by atomic mass is 19.4. The number of likely N-dealkylation sites (tertiary alicyclic amines) is 1. The van der Waals surface area contributed by atoms with Gasteiger partial charge >= 0.3 is 6.18 Å². The molecule has 0 radical (unpaired) electrons. The van der Waals surface area contributed by atoms with Crippen LogP contribution < -0.4 is 10.1 Å². The van der Waals surface area contributed by atoms with E-state index >= 15 is 0 Å². The Hall–Kier alpha value is -3.70. The zero-order valence-corrected chi connectivity index (χ0v) is 18.0. The Balaban J connectivity index is 1.56. The molecular formula is C21H22F3N7O2. The third kappa shape index (κ3) is 4.73. The van der Waals surface area contributed by atoms with E-state index in [2.05, 4.69) is 25.5 Å². The summed E-state index contributed by atoms with van der Waals surface area (Å²) >= 11 is 0. The normalized spacial score (nSPS) is 18.8. The molecule has 3 aromatic rings. The molecule has 1 fully saturated rings. The van der Waals surface area contributed by atoms with Crippen molar-refractivity contribution in [1.82, 2.24) is 29.9 Å². The van der Waals surface area contributed by atoms with Crippen LogP contribution in [0.1, 0.15) is 35.8 Å². The number of rotatable bonds is 5. The number of methoxy groups -OCH3 is 1. The summed E-state index contributed by atoms with van der Waals surface area (Å²) in [6.07, 6.45) is 1.67. The fourth-order valence-electron chi connectivity index (χ4n) is 3.84. The number of ether oxygens (including phenoxy) is 1. The average Bonchev–Trinajstić information content (AvgIpc) is 3.34. The number of amides is 1. The van der Waals surface area contributed by atoms with Gasteiger partial charge in [0.1, 0.15) is 11.6 Å². The summed E-state index contributed by atoms with van der Waals surface area (Å²) in [6.45, 7) is 2.41. The third-order valence-corrected chi connectivity index (χ3v) is 5.59. The van der Waals surface area contributed by atoms with E-state index < -0.39 is 11.9 Å². The second kappa shape index (κ2) is 9.04. The maximum Gasteiger partial charge on any atom is 0.434 e. The van der Waals surface area contributed by atoms with Gasteiger partial charge in [0.25, 0.3) is 5.91 Å². The van der Waals surface area contributed by atoms with Crippen molar-refractivity contribution in [2.75, 3.05) is 19.0 Å². The summed E-state index contributed by atoms with van der Waals surface area (Å²) < 4.78 is 43.5. The van der Waals surface area contributed by atoms with Crippen LogP contribution in [-0.2, 0) is 6.18 Å². The number of anilines is 1. The maximum atomic E-state index is 13.6. The smallest absolute Gasteiger partial charge is 0.434 e. The lowest BCUT2D eigenvalue weighted by atomic mass is 9.96. The van der Waals surface area contributed by atoms with Gasteiger partial charge in [-0.2, -0.15) is 28.2 Å². The summed E-state index contributed by atoms with van der Waals surface area (Å²) in [7, 11) is 1.52. The van der Waals surface area contributed by atoms with Crippen LogP contribution in [0.2, 0.25) is 0 Å². The first-order valence-electron chi connectivity index (χ1n) is 10.3. The highest BCUT2D eigenvalue weighted by molar-refractivity contribution is 5.98. The van der Waals surface area contributed by atoms with E-state index in [4.69, 9.17) is 4.74 Å². The first kappa shape index (κ1) is 22.5. The minimum atomic E-state index is -4.55. The molecule has 1 saturated heterocycles. The van der Waals surface area contributed by atoms with Crippen LogP contribution in [0.3, 0.4) is 0 Å². The highest BCUT2D eigenvalue weighted by Crippen LogP contribution is 2.29. The molecule has 1 aliphatic rings. The van der Waals surface area contributed by atoms with Gasteiger partial charge in [-0.3, -0.25) is 4.79 Å². The van der Waals surface area contributed by atoms with Crippen LogP contribution in [0.25, 0.3) is 5.69 Å². The summed E-state index contributed by atoms with van der Waals surface area (Å²) in [4.78, 5) is 23.9. The molecule has 1 N–H and O–H groups in total. The van der Waals surface area contributed by atoms with Crippen molar-refractivity contribution in [3.05, 3.63) is 54.2 Å². The number of piperidine rings is 1. The Kier molecular flexibility index (Phi) is 6.16. The molecule has 0 bridgehead atoms. The number of nitrogens with one attached hydrogen (secondary N) is 1. The summed E-state index contributed by atoms with van der Waals surface area (Å²) in [5.74, 6) is 0.518. The van der Waals surface area contributed by atoms with Gasteiger partial charge in [-0.25, -0.2) is 9.97 Å². The monoisotopic (exact) mass is 461 g/mol. The number of carbonyl (C=O) groups is 1. The molecule has 0 aliphatic carbocycles. The molecule has 4 rings (SSSR count). The molecule has 174 valence electrons. The van der Waals surface area contributed by atoms with Crippen molar-refractivity contribution >= 4 is 11.7 Å². The Bertz CT molecular complexity index is 1100. The Morgan fingerprint density at radius 1 is 1.18 bits per heavy atom. The number of halogens is 3. The molecule has 12 heteroatoms. The molecular weight excluding hydrogens is 439 g/mol. The topological polar surface area (TPSA) is 98.1 Å². The molecule has 1 amide bonds. The van der Waals surface area contributed by atoms with Crippen LogP contribution in [0.5, 0.6) is 5.75 Å². The van der Waals surface area contributed by atoms with Crippen molar-refractivity contribution in [2.45, 2.75) is 38.0 Å². The fourth-order valence-corrected chi connectivity index (χ4v) is 3.84. The molecule has 9 nitrogen and oxygen atoms in total. The highest BCUT2D eigenvalue weighted by Gasteiger charge is 2.35. The van der Waals surface area contributed by atoms with Crippen LogP contribution in [0.15, 0.2) is 43.0 Å². The lowest BCUT2D eigenvalue weighted by Gasteiger charge is -2.40. The minimum absolute atomic E-state index is 0.217. The van der Waals surface area contributed by atoms with Gasteiger partial charge in [0.2, 0.25) is 0 Å². The number of alkyl halides is 3. The maximum absolute atomic E-state index is 13.6. The van der Waals surface area contributed by atoms with Gasteiger partial charge in [0.05, 0.1) is 43.1 Å². The predicted molar refractivity (Wildman–Crippen MR) is 112 cm³/mol. The van der Waals surface area contributed by atoms with Gasteiger partial charge in [-0.1, -0.05) is 0 Å². The van der Waals surface area contributed by atoms with E-state index in [9.17, 15) is 18.0 Å². The largest absolute Gasteiger partial charge is 0.497 e. The molecule has 0 spiro atoms. The first-order chi connectivity index (χ1) is 15.8. The van der Waals surface area contributed by atoms with Crippen molar-refractivity contribution in [1.29, 1.82) is 0 Å². The van der Waals surface area contributed by atoms with E-state index in [1.54, 1.807) is 23.1 Å². The zero-order chi connectivity index (χ0) is 23.6. The van der Waals surface area contributed by atoms with Crippen molar-refractivity contribution in [3.63, 3.8) is 0 Å². The van der Waals surface area contributed by atoms with E-state index in [1.807, 2.05) is 6.92 Å². The standard InChI is InChI=1S/C21H22F3N7O2/c1-13-16(29-19-12-25-18(11-26-19)21(22,23)24)4-3-9-30(13)20(32)15-10-14(33-2)5-6-17(15)31-27-7-8-28-31/h5-8,10-13,16H,3-4,9H2,1-2H3,(H,26,29)/t13-,16+/m0/s1. The van der Waals surface area contributed by atoms with Crippen molar-refractivity contribution < 1.29 is 22.7 Å². The molecule has 2 atom stereocenters. The third-order valence-electron chi connectivity index (χ3n) is 5.59. The molecule has 3 heterocycles. The second-order valence-corrected chi connectivity index (χ2v) is 7.62. The van der Waals surface area contributed by atoms with Gasteiger partial charge in [-0.15, -0.1) is 0 Å². The minimum Gasteiger partial charge on any atom is -0.497 e. The van der Waals surface area contributed by atoms with Crippen LogP contribution in [0.4, 0.5) is 19.0 Å². The molecule has 1 aliphatic heterocycles. The number of aromatic nitrogens is 5. The van der Waals surface area contributed by atoms with E-state index in [-0.39, 0.29) is 23.8 Å². The Morgan fingerprint density at radius 3 is 2.58 bits per heavy atom. The number of benzene rings is 1. The molecule has 0 unspecified atom stereocenters. The average molecular weight is 461 g/mol. The Morgan fingerprint density at radius 2 is 1.94 bits per heavy atom. The van der Waals surface area contributed by atoms with Gasteiger partial charge in [-0.05, 0) is 38.0 Å². The van der Waals surface area contributed by atoms with Crippen molar-refractivity contribution in [3.8, 4) is 11.4 Å².